The standard InChI is InChI=1S/C16H22N2O2/c1-19-15-6-5-13(4-3-8-17)14(10-15)11-18-9-7-16(12-18)20-2/h5-6,10,16H,7-9,11-12,17H2,1-2H3. The maximum absolute atomic E-state index is 5.46. The predicted molar refractivity (Wildman–Crippen MR) is 79.6 cm³/mol. The first-order chi connectivity index (χ1) is 9.76. The van der Waals surface area contributed by atoms with Crippen LogP contribution in [0.15, 0.2) is 18.2 Å². The number of hydrogen-bond acceptors (Lipinski definition) is 4. The molecule has 2 rings (SSSR count). The number of rotatable bonds is 4. The van der Waals surface area contributed by atoms with Gasteiger partial charge in [0.1, 0.15) is 5.75 Å². The number of ether oxygens (including phenoxy) is 2. The van der Waals surface area contributed by atoms with Crippen LogP contribution in [0, 0.1) is 11.8 Å². The Bertz CT molecular complexity index is 505. The molecule has 1 fully saturated rings. The van der Waals surface area contributed by atoms with Crippen molar-refractivity contribution in [2.75, 3.05) is 33.9 Å². The van der Waals surface area contributed by atoms with Gasteiger partial charge < -0.3 is 15.2 Å². The van der Waals surface area contributed by atoms with E-state index in [1.807, 2.05) is 12.1 Å². The molecule has 0 spiro atoms. The zero-order valence-electron chi connectivity index (χ0n) is 12.2. The summed E-state index contributed by atoms with van der Waals surface area (Å²) in [6.07, 6.45) is 1.43. The van der Waals surface area contributed by atoms with Crippen molar-refractivity contribution in [1.29, 1.82) is 0 Å². The molecule has 0 saturated carbocycles. The lowest BCUT2D eigenvalue weighted by atomic mass is 10.1. The normalized spacial score (nSPS) is 18.6. The van der Waals surface area contributed by atoms with Gasteiger partial charge >= 0.3 is 0 Å². The van der Waals surface area contributed by atoms with Crippen molar-refractivity contribution in [3.05, 3.63) is 29.3 Å². The molecule has 0 bridgehead atoms. The van der Waals surface area contributed by atoms with Crippen molar-refractivity contribution in [3.8, 4) is 17.6 Å². The van der Waals surface area contributed by atoms with E-state index in [4.69, 9.17) is 15.2 Å². The molecule has 0 aromatic heterocycles. The van der Waals surface area contributed by atoms with Gasteiger partial charge in [-0.25, -0.2) is 0 Å². The first kappa shape index (κ1) is 14.9. The van der Waals surface area contributed by atoms with Crippen LogP contribution in [0.25, 0.3) is 0 Å². The zero-order chi connectivity index (χ0) is 14.4. The van der Waals surface area contributed by atoms with Crippen LogP contribution in [-0.4, -0.2) is 44.9 Å². The Kier molecular flexibility index (Phi) is 5.42. The molecule has 1 atom stereocenters. The molecular formula is C16H22N2O2. The molecule has 2 N–H and O–H groups in total. The summed E-state index contributed by atoms with van der Waals surface area (Å²) in [5.74, 6) is 6.92. The van der Waals surface area contributed by atoms with Gasteiger partial charge in [-0.2, -0.15) is 0 Å². The van der Waals surface area contributed by atoms with E-state index in [0.29, 0.717) is 12.6 Å². The van der Waals surface area contributed by atoms with Gasteiger partial charge in [0.05, 0.1) is 19.8 Å². The lowest BCUT2D eigenvalue weighted by Gasteiger charge is -2.17. The molecule has 1 aromatic rings. The van der Waals surface area contributed by atoms with Gasteiger partial charge in [-0.05, 0) is 30.2 Å². The van der Waals surface area contributed by atoms with Crippen LogP contribution >= 0.6 is 0 Å². The summed E-state index contributed by atoms with van der Waals surface area (Å²) >= 11 is 0. The van der Waals surface area contributed by atoms with Gasteiger partial charge in [-0.15, -0.1) is 0 Å². The van der Waals surface area contributed by atoms with Gasteiger partial charge in [0.15, 0.2) is 0 Å². The number of methoxy groups -OCH3 is 2. The van der Waals surface area contributed by atoms with E-state index in [1.54, 1.807) is 14.2 Å². The van der Waals surface area contributed by atoms with E-state index in [2.05, 4.69) is 22.8 Å². The molecule has 1 aromatic carbocycles. The van der Waals surface area contributed by atoms with Crippen LogP contribution in [-0.2, 0) is 11.3 Å². The largest absolute Gasteiger partial charge is 0.497 e. The van der Waals surface area contributed by atoms with Crippen molar-refractivity contribution in [1.82, 2.24) is 4.90 Å². The number of likely N-dealkylation sites (tertiary alicyclic amines) is 1. The average molecular weight is 274 g/mol. The third-order valence-electron chi connectivity index (χ3n) is 3.59. The van der Waals surface area contributed by atoms with E-state index >= 15 is 0 Å². The Labute approximate surface area is 120 Å². The summed E-state index contributed by atoms with van der Waals surface area (Å²) in [4.78, 5) is 2.39. The Hall–Kier alpha value is -1.54. The summed E-state index contributed by atoms with van der Waals surface area (Å²) in [5, 5.41) is 0. The summed E-state index contributed by atoms with van der Waals surface area (Å²) < 4.78 is 10.7. The maximum atomic E-state index is 5.46. The summed E-state index contributed by atoms with van der Waals surface area (Å²) in [5.41, 5.74) is 7.66. The molecule has 4 nitrogen and oxygen atoms in total. The van der Waals surface area contributed by atoms with Crippen molar-refractivity contribution in [2.24, 2.45) is 5.73 Å². The Morgan fingerprint density at radius 2 is 2.25 bits per heavy atom. The molecule has 1 heterocycles. The fourth-order valence-corrected chi connectivity index (χ4v) is 2.47. The number of hydrogen-bond donors (Lipinski definition) is 1. The first-order valence-electron chi connectivity index (χ1n) is 6.87. The van der Waals surface area contributed by atoms with Crippen molar-refractivity contribution in [2.45, 2.75) is 19.1 Å². The van der Waals surface area contributed by atoms with Gasteiger partial charge in [-0.3, -0.25) is 4.90 Å². The fourth-order valence-electron chi connectivity index (χ4n) is 2.47. The molecule has 4 heteroatoms. The highest BCUT2D eigenvalue weighted by Crippen LogP contribution is 2.21. The van der Waals surface area contributed by atoms with Gasteiger partial charge in [0.25, 0.3) is 0 Å². The monoisotopic (exact) mass is 274 g/mol. The molecule has 1 aliphatic heterocycles. The minimum Gasteiger partial charge on any atom is -0.497 e. The van der Waals surface area contributed by atoms with E-state index in [0.717, 1.165) is 37.4 Å². The molecule has 1 unspecified atom stereocenters. The molecule has 0 amide bonds. The predicted octanol–water partition coefficient (Wildman–Crippen LogP) is 1.23. The van der Waals surface area contributed by atoms with Crippen LogP contribution in [0.4, 0.5) is 0 Å². The molecule has 1 saturated heterocycles. The lowest BCUT2D eigenvalue weighted by molar-refractivity contribution is 0.107. The average Bonchev–Trinajstić information content (AvgIpc) is 2.93. The van der Waals surface area contributed by atoms with Crippen molar-refractivity contribution >= 4 is 0 Å². The van der Waals surface area contributed by atoms with E-state index in [1.165, 1.54) is 5.56 Å². The maximum Gasteiger partial charge on any atom is 0.119 e. The van der Waals surface area contributed by atoms with Crippen molar-refractivity contribution in [3.63, 3.8) is 0 Å². The topological polar surface area (TPSA) is 47.7 Å². The molecule has 108 valence electrons. The third kappa shape index (κ3) is 3.73. The second-order valence-electron chi connectivity index (χ2n) is 4.91. The first-order valence-corrected chi connectivity index (χ1v) is 6.87. The SMILES string of the molecule is COc1ccc(C#CCN)c(CN2CCC(OC)C2)c1. The minimum absolute atomic E-state index is 0.346. The Balaban J connectivity index is 2.15. The van der Waals surface area contributed by atoms with Crippen LogP contribution in [0.5, 0.6) is 5.75 Å². The molecular weight excluding hydrogens is 252 g/mol. The lowest BCUT2D eigenvalue weighted by Crippen LogP contribution is -2.22. The number of nitrogens with two attached hydrogens (primary N) is 1. The second kappa shape index (κ2) is 7.30. The summed E-state index contributed by atoms with van der Waals surface area (Å²) in [7, 11) is 3.46. The van der Waals surface area contributed by atoms with Gasteiger partial charge in [-0.1, -0.05) is 11.8 Å². The Morgan fingerprint density at radius 3 is 2.90 bits per heavy atom. The highest BCUT2D eigenvalue weighted by atomic mass is 16.5. The van der Waals surface area contributed by atoms with Gasteiger partial charge in [0, 0.05) is 32.3 Å². The van der Waals surface area contributed by atoms with Crippen LogP contribution < -0.4 is 10.5 Å². The molecule has 20 heavy (non-hydrogen) atoms. The smallest absolute Gasteiger partial charge is 0.119 e. The van der Waals surface area contributed by atoms with Crippen LogP contribution in [0.2, 0.25) is 0 Å². The quantitative estimate of drug-likeness (QED) is 0.839. The summed E-state index contributed by atoms with van der Waals surface area (Å²) in [6.45, 7) is 3.27. The Morgan fingerprint density at radius 1 is 1.40 bits per heavy atom. The summed E-state index contributed by atoms with van der Waals surface area (Å²) in [6, 6.07) is 5.99. The van der Waals surface area contributed by atoms with Crippen molar-refractivity contribution < 1.29 is 9.47 Å². The zero-order valence-corrected chi connectivity index (χ0v) is 12.2. The highest BCUT2D eigenvalue weighted by Gasteiger charge is 2.22. The minimum atomic E-state index is 0.346. The molecule has 0 radical (unpaired) electrons. The van der Waals surface area contributed by atoms with Crippen LogP contribution in [0.3, 0.4) is 0 Å². The highest BCUT2D eigenvalue weighted by molar-refractivity contribution is 5.45. The number of benzene rings is 1. The van der Waals surface area contributed by atoms with Gasteiger partial charge in [0.2, 0.25) is 0 Å². The molecule has 0 aliphatic carbocycles. The van der Waals surface area contributed by atoms with Crippen LogP contribution in [0.1, 0.15) is 17.5 Å². The van der Waals surface area contributed by atoms with E-state index in [9.17, 15) is 0 Å². The van der Waals surface area contributed by atoms with E-state index in [-0.39, 0.29) is 0 Å². The third-order valence-corrected chi connectivity index (χ3v) is 3.59. The molecule has 1 aliphatic rings. The number of nitrogens with zero attached hydrogens (tertiary/aromatic N) is 1. The fraction of sp³-hybridized carbons (Fsp3) is 0.500. The van der Waals surface area contributed by atoms with E-state index < -0.39 is 0 Å². The second-order valence-corrected chi connectivity index (χ2v) is 4.91.